The van der Waals surface area contributed by atoms with Crippen molar-refractivity contribution in [3.63, 3.8) is 0 Å². The number of fused-ring (bicyclic) bond motifs is 3. The van der Waals surface area contributed by atoms with Gasteiger partial charge in [0.2, 0.25) is 0 Å². The Morgan fingerprint density at radius 1 is 1.00 bits per heavy atom. The fraction of sp³-hybridized carbons (Fsp3) is 0.333. The monoisotopic (exact) mass is 358 g/mol. The first-order valence-corrected chi connectivity index (χ1v) is 10.6. The minimum atomic E-state index is -0.539. The Hall–Kier alpha value is -1.06. The van der Waals surface area contributed by atoms with E-state index in [9.17, 15) is 0 Å². The summed E-state index contributed by atoms with van der Waals surface area (Å²) in [5.74, 6) is 0. The zero-order valence-corrected chi connectivity index (χ0v) is 15.9. The van der Waals surface area contributed by atoms with Gasteiger partial charge in [0.15, 0.2) is 0 Å². The summed E-state index contributed by atoms with van der Waals surface area (Å²) in [6.45, 7) is 11.6. The summed E-state index contributed by atoms with van der Waals surface area (Å²) in [5.41, 5.74) is 2.83. The molecule has 0 saturated carbocycles. The molecule has 0 spiro atoms. The largest absolute Gasteiger partial charge is 0.335 e. The Bertz CT molecular complexity index is 824. The molecule has 0 bridgehead atoms. The molecule has 0 saturated heterocycles. The first-order valence-electron chi connectivity index (χ1n) is 7.34. The third kappa shape index (κ3) is 2.36. The number of hydrogen-bond acceptors (Lipinski definition) is 0. The third-order valence-electron chi connectivity index (χ3n) is 3.94. The molecule has 0 aliphatic carbocycles. The molecule has 3 heteroatoms. The van der Waals surface area contributed by atoms with Crippen LogP contribution in [0.4, 0.5) is 0 Å². The van der Waals surface area contributed by atoms with Crippen molar-refractivity contribution in [3.05, 3.63) is 40.9 Å². The molecule has 0 aliphatic rings. The third-order valence-corrected chi connectivity index (χ3v) is 5.86. The van der Waals surface area contributed by atoms with Gasteiger partial charge in [0.05, 0.1) is 8.80 Å². The van der Waals surface area contributed by atoms with Crippen molar-refractivity contribution < 1.29 is 0 Å². The summed E-state index contributed by atoms with van der Waals surface area (Å²) < 4.78 is 3.71. The van der Waals surface area contributed by atoms with E-state index in [2.05, 4.69) is 90.8 Å². The number of nitrogens with zero attached hydrogens (tertiary/aromatic N) is 1. The quantitative estimate of drug-likeness (QED) is 0.522. The predicted molar refractivity (Wildman–Crippen MR) is 99.3 cm³/mol. The van der Waals surface area contributed by atoms with E-state index >= 15 is 0 Å². The minimum Gasteiger partial charge on any atom is -0.335 e. The van der Waals surface area contributed by atoms with E-state index in [4.69, 9.17) is 0 Å². The number of benzene rings is 2. The maximum atomic E-state index is 3.70. The normalized spacial score (nSPS) is 12.7. The predicted octanol–water partition coefficient (Wildman–Crippen LogP) is 5.27. The van der Waals surface area contributed by atoms with Crippen LogP contribution in [-0.4, -0.2) is 13.4 Å². The van der Waals surface area contributed by atoms with E-state index < -0.39 is 8.80 Å². The topological polar surface area (TPSA) is 4.93 Å². The molecule has 1 radical (unpaired) electrons. The number of hydrogen-bond donors (Lipinski definition) is 0. The smallest absolute Gasteiger partial charge is 0.0820 e. The van der Waals surface area contributed by atoms with Crippen molar-refractivity contribution in [1.29, 1.82) is 0 Å². The number of aromatic nitrogens is 1. The van der Waals surface area contributed by atoms with Crippen LogP contribution in [0.3, 0.4) is 0 Å². The van der Waals surface area contributed by atoms with E-state index in [0.717, 1.165) is 0 Å². The van der Waals surface area contributed by atoms with Crippen LogP contribution in [0.5, 0.6) is 0 Å². The van der Waals surface area contributed by atoms with Gasteiger partial charge >= 0.3 is 0 Å². The van der Waals surface area contributed by atoms with Gasteiger partial charge in [0, 0.05) is 31.8 Å². The fourth-order valence-electron chi connectivity index (χ4n) is 3.14. The van der Waals surface area contributed by atoms with Crippen molar-refractivity contribution in [2.24, 2.45) is 0 Å². The molecule has 0 N–H and O–H groups in total. The van der Waals surface area contributed by atoms with Gasteiger partial charge in [-0.1, -0.05) is 47.2 Å². The second kappa shape index (κ2) is 4.99. The minimum absolute atomic E-state index is 0.0707. The lowest BCUT2D eigenvalue weighted by molar-refractivity contribution is 0.424. The molecule has 0 aliphatic heterocycles. The van der Waals surface area contributed by atoms with Crippen molar-refractivity contribution in [1.82, 2.24) is 4.57 Å². The lowest BCUT2D eigenvalue weighted by Crippen LogP contribution is -2.30. The molecule has 1 nitrogen and oxygen atoms in total. The first-order chi connectivity index (χ1) is 9.80. The van der Waals surface area contributed by atoms with Crippen molar-refractivity contribution >= 4 is 51.7 Å². The molecule has 0 fully saturated rings. The summed E-state index contributed by atoms with van der Waals surface area (Å²) in [6.07, 6.45) is 0. The van der Waals surface area contributed by atoms with Crippen LogP contribution >= 0.6 is 15.9 Å². The average Bonchev–Trinajstić information content (AvgIpc) is 2.72. The summed E-state index contributed by atoms with van der Waals surface area (Å²) >= 11 is 3.70. The van der Waals surface area contributed by atoms with E-state index in [-0.39, 0.29) is 5.54 Å². The van der Waals surface area contributed by atoms with Crippen LogP contribution in [-0.2, 0) is 5.54 Å². The van der Waals surface area contributed by atoms with Crippen LogP contribution < -0.4 is 5.19 Å². The molecule has 109 valence electrons. The maximum Gasteiger partial charge on any atom is 0.0820 e. The molecule has 21 heavy (non-hydrogen) atoms. The van der Waals surface area contributed by atoms with E-state index in [0.29, 0.717) is 0 Å². The lowest BCUT2D eigenvalue weighted by Gasteiger charge is -2.26. The van der Waals surface area contributed by atoms with Gasteiger partial charge in [0.25, 0.3) is 0 Å². The SMILES string of the molecule is C[Si](C)c1cc(Br)cc2c3ccccc3n(C(C)(C)C)c12. The zero-order chi connectivity index (χ0) is 15.4. The molecular weight excluding hydrogens is 338 g/mol. The second-order valence-corrected chi connectivity index (χ2v) is 10.3. The summed E-state index contributed by atoms with van der Waals surface area (Å²) in [5, 5.41) is 4.24. The van der Waals surface area contributed by atoms with Crippen LogP contribution in [0.1, 0.15) is 20.8 Å². The summed E-state index contributed by atoms with van der Waals surface area (Å²) in [6, 6.07) is 13.4. The Labute approximate surface area is 136 Å². The van der Waals surface area contributed by atoms with Crippen molar-refractivity contribution in [3.8, 4) is 0 Å². The van der Waals surface area contributed by atoms with Gasteiger partial charge < -0.3 is 4.57 Å². The molecule has 1 heterocycles. The molecule has 0 atom stereocenters. The van der Waals surface area contributed by atoms with E-state index in [1.807, 2.05) is 0 Å². The highest BCUT2D eigenvalue weighted by molar-refractivity contribution is 9.10. The highest BCUT2D eigenvalue weighted by atomic mass is 79.9. The number of para-hydroxylation sites is 1. The van der Waals surface area contributed by atoms with Crippen LogP contribution in [0.15, 0.2) is 40.9 Å². The molecule has 3 rings (SSSR count). The van der Waals surface area contributed by atoms with Crippen molar-refractivity contribution in [2.45, 2.75) is 39.4 Å². The maximum absolute atomic E-state index is 3.70. The highest BCUT2D eigenvalue weighted by Gasteiger charge is 2.23. The van der Waals surface area contributed by atoms with Crippen LogP contribution in [0.25, 0.3) is 21.8 Å². The Morgan fingerprint density at radius 3 is 2.29 bits per heavy atom. The number of halogens is 1. The molecule has 1 aromatic heterocycles. The molecule has 3 aromatic rings. The average molecular weight is 359 g/mol. The molecule has 0 amide bonds. The highest BCUT2D eigenvalue weighted by Crippen LogP contribution is 2.34. The van der Waals surface area contributed by atoms with Gasteiger partial charge in [-0.2, -0.15) is 0 Å². The van der Waals surface area contributed by atoms with Gasteiger partial charge in [0.1, 0.15) is 0 Å². The van der Waals surface area contributed by atoms with Gasteiger partial charge in [-0.25, -0.2) is 0 Å². The molecule has 2 aromatic carbocycles. The Balaban J connectivity index is 2.62. The Morgan fingerprint density at radius 2 is 1.67 bits per heavy atom. The summed E-state index contributed by atoms with van der Waals surface area (Å²) in [7, 11) is -0.539. The lowest BCUT2D eigenvalue weighted by atomic mass is 10.1. The van der Waals surface area contributed by atoms with Crippen LogP contribution in [0.2, 0.25) is 13.1 Å². The zero-order valence-electron chi connectivity index (χ0n) is 13.3. The van der Waals surface area contributed by atoms with E-state index in [1.165, 1.54) is 31.5 Å². The first kappa shape index (κ1) is 14.9. The standard InChI is InChI=1S/C18H21BrNSi/c1-18(2,3)20-15-9-7-6-8-13(15)14-10-12(19)11-16(17(14)20)21(4)5/h6-11H,1-5H3. The van der Waals surface area contributed by atoms with Crippen LogP contribution in [0, 0.1) is 0 Å². The van der Waals surface area contributed by atoms with Crippen molar-refractivity contribution in [2.75, 3.05) is 0 Å². The Kier molecular flexibility index (Phi) is 3.53. The van der Waals surface area contributed by atoms with Gasteiger partial charge in [-0.15, -0.1) is 0 Å². The van der Waals surface area contributed by atoms with Gasteiger partial charge in [-0.3, -0.25) is 0 Å². The molecule has 0 unspecified atom stereocenters. The molecular formula is C18H21BrNSi. The second-order valence-electron chi connectivity index (χ2n) is 6.87. The fourth-order valence-corrected chi connectivity index (χ4v) is 4.97. The summed E-state index contributed by atoms with van der Waals surface area (Å²) in [4.78, 5) is 0. The van der Waals surface area contributed by atoms with E-state index in [1.54, 1.807) is 0 Å². The van der Waals surface area contributed by atoms with Gasteiger partial charge in [-0.05, 0) is 44.2 Å². The number of rotatable bonds is 1.